The van der Waals surface area contributed by atoms with Gasteiger partial charge in [-0.15, -0.1) is 0 Å². The Labute approximate surface area is 215 Å². The summed E-state index contributed by atoms with van der Waals surface area (Å²) in [5, 5.41) is 19.0. The molecule has 1 saturated heterocycles. The van der Waals surface area contributed by atoms with Gasteiger partial charge in [0.25, 0.3) is 5.91 Å². The number of hydrogen-bond acceptors (Lipinski definition) is 7. The molecule has 37 heavy (non-hydrogen) atoms. The second-order valence-electron chi connectivity index (χ2n) is 10.1. The van der Waals surface area contributed by atoms with E-state index in [1.165, 1.54) is 0 Å². The van der Waals surface area contributed by atoms with Crippen LogP contribution in [0, 0.1) is 23.7 Å². The smallest absolute Gasteiger partial charge is 0.252 e. The number of nitrogens with zero attached hydrogens (tertiary/aromatic N) is 6. The van der Waals surface area contributed by atoms with Crippen molar-refractivity contribution < 1.29 is 9.59 Å². The molecule has 0 unspecified atom stereocenters. The summed E-state index contributed by atoms with van der Waals surface area (Å²) < 4.78 is 1.97. The highest BCUT2D eigenvalue weighted by Gasteiger charge is 2.47. The Kier molecular flexibility index (Phi) is 6.61. The summed E-state index contributed by atoms with van der Waals surface area (Å²) in [4.78, 5) is 35.8. The maximum Gasteiger partial charge on any atom is 0.252 e. The minimum Gasteiger partial charge on any atom is -0.342 e. The normalized spacial score (nSPS) is 16.6. The Morgan fingerprint density at radius 2 is 1.89 bits per heavy atom. The van der Waals surface area contributed by atoms with Crippen LogP contribution in [0.15, 0.2) is 42.9 Å². The lowest BCUT2D eigenvalue weighted by Crippen LogP contribution is -2.42. The monoisotopic (exact) mass is 498 g/mol. The first-order valence-electron chi connectivity index (χ1n) is 12.6. The van der Waals surface area contributed by atoms with Crippen LogP contribution in [0.3, 0.4) is 0 Å². The van der Waals surface area contributed by atoms with Crippen LogP contribution in [-0.4, -0.2) is 56.1 Å². The highest BCUT2D eigenvalue weighted by Crippen LogP contribution is 2.47. The van der Waals surface area contributed by atoms with Gasteiger partial charge in [-0.25, -0.2) is 9.97 Å². The average Bonchev–Trinajstić information content (AvgIpc) is 3.51. The lowest BCUT2D eigenvalue weighted by Gasteiger charge is -2.33. The zero-order chi connectivity index (χ0) is 26.0. The number of likely N-dealkylation sites (tertiary alicyclic amines) is 1. The Bertz CT molecular complexity index is 1350. The third kappa shape index (κ3) is 5.31. The molecule has 190 valence electrons. The summed E-state index contributed by atoms with van der Waals surface area (Å²) in [5.41, 5.74) is 3.69. The van der Waals surface area contributed by atoms with Crippen molar-refractivity contribution in [3.63, 3.8) is 0 Å². The van der Waals surface area contributed by atoms with Crippen LogP contribution in [0.25, 0.3) is 11.3 Å². The van der Waals surface area contributed by atoms with Crippen molar-refractivity contribution in [3.05, 3.63) is 54.0 Å². The molecule has 2 aliphatic rings. The second-order valence-corrected chi connectivity index (χ2v) is 10.1. The Balaban J connectivity index is 1.23. The van der Waals surface area contributed by atoms with Crippen molar-refractivity contribution in [2.45, 2.75) is 45.6 Å². The van der Waals surface area contributed by atoms with Gasteiger partial charge in [0.1, 0.15) is 6.54 Å². The number of piperidine rings is 1. The molecule has 1 aliphatic heterocycles. The van der Waals surface area contributed by atoms with E-state index in [0.29, 0.717) is 17.4 Å². The molecule has 3 aromatic rings. The zero-order valence-corrected chi connectivity index (χ0v) is 21.1. The molecule has 1 saturated carbocycles. The van der Waals surface area contributed by atoms with E-state index >= 15 is 0 Å². The summed E-state index contributed by atoms with van der Waals surface area (Å²) in [6, 6.07) is 9.24. The van der Waals surface area contributed by atoms with Gasteiger partial charge < -0.3 is 15.5 Å². The summed E-state index contributed by atoms with van der Waals surface area (Å²) in [6.45, 7) is 5.51. The van der Waals surface area contributed by atoms with Gasteiger partial charge in [0.2, 0.25) is 11.9 Å². The van der Waals surface area contributed by atoms with Crippen LogP contribution in [0.2, 0.25) is 0 Å². The number of hydrogen-bond donors (Lipinski definition) is 2. The van der Waals surface area contributed by atoms with E-state index in [4.69, 9.17) is 10.2 Å². The quantitative estimate of drug-likeness (QED) is 0.476. The maximum absolute atomic E-state index is 12.6. The predicted octanol–water partition coefficient (Wildman–Crippen LogP) is 3.61. The fourth-order valence-electron chi connectivity index (χ4n) is 4.64. The van der Waals surface area contributed by atoms with Crippen molar-refractivity contribution in [2.75, 3.05) is 25.0 Å². The number of nitriles is 1. The number of benzene rings is 1. The number of carbonyl (C=O) groups excluding carboxylic acids is 2. The third-order valence-electron chi connectivity index (χ3n) is 7.22. The Hall–Kier alpha value is -4.26. The molecule has 0 bridgehead atoms. The summed E-state index contributed by atoms with van der Waals surface area (Å²) in [5.74, 6) is 0.466. The first-order chi connectivity index (χ1) is 17.9. The van der Waals surface area contributed by atoms with Crippen LogP contribution in [0.5, 0.6) is 0 Å². The molecule has 10 heteroatoms. The van der Waals surface area contributed by atoms with E-state index in [-0.39, 0.29) is 23.9 Å². The molecule has 0 radical (unpaired) electrons. The van der Waals surface area contributed by atoms with E-state index in [1.54, 1.807) is 24.5 Å². The summed E-state index contributed by atoms with van der Waals surface area (Å²) in [6.07, 6.45) is 9.28. The molecular weight excluding hydrogens is 468 g/mol. The van der Waals surface area contributed by atoms with Crippen LogP contribution >= 0.6 is 0 Å². The van der Waals surface area contributed by atoms with E-state index < -0.39 is 0 Å². The van der Waals surface area contributed by atoms with Crippen LogP contribution in [0.4, 0.5) is 11.6 Å². The highest BCUT2D eigenvalue weighted by atomic mass is 16.2. The molecule has 2 N–H and O–H groups in total. The van der Waals surface area contributed by atoms with Gasteiger partial charge in [-0.3, -0.25) is 14.3 Å². The molecule has 3 heterocycles. The first-order valence-corrected chi connectivity index (χ1v) is 12.6. The van der Waals surface area contributed by atoms with Crippen molar-refractivity contribution in [3.8, 4) is 17.3 Å². The number of carbonyl (C=O) groups is 2. The molecule has 10 nitrogen and oxygen atoms in total. The van der Waals surface area contributed by atoms with Crippen molar-refractivity contribution in [1.29, 1.82) is 5.26 Å². The van der Waals surface area contributed by atoms with E-state index in [0.717, 1.165) is 61.3 Å². The van der Waals surface area contributed by atoms with E-state index in [1.807, 2.05) is 40.9 Å². The molecule has 2 aromatic heterocycles. The van der Waals surface area contributed by atoms with Crippen LogP contribution in [0.1, 0.15) is 54.6 Å². The molecule has 2 fully saturated rings. The topological polar surface area (TPSA) is 129 Å². The number of amides is 2. The van der Waals surface area contributed by atoms with E-state index in [2.05, 4.69) is 27.6 Å². The minimum absolute atomic E-state index is 0.0322. The molecule has 1 aromatic carbocycles. The third-order valence-corrected chi connectivity index (χ3v) is 7.22. The largest absolute Gasteiger partial charge is 0.342 e. The van der Waals surface area contributed by atoms with Crippen molar-refractivity contribution in [2.24, 2.45) is 5.41 Å². The van der Waals surface area contributed by atoms with Crippen LogP contribution in [-0.2, 0) is 4.79 Å². The molecule has 2 amide bonds. The fraction of sp³-hybridized carbons (Fsp3) is 0.407. The summed E-state index contributed by atoms with van der Waals surface area (Å²) in [7, 11) is 0. The zero-order valence-electron chi connectivity index (χ0n) is 21.1. The maximum atomic E-state index is 12.6. The van der Waals surface area contributed by atoms with E-state index in [9.17, 15) is 9.59 Å². The Morgan fingerprint density at radius 1 is 1.16 bits per heavy atom. The van der Waals surface area contributed by atoms with Crippen molar-refractivity contribution >= 4 is 23.5 Å². The Morgan fingerprint density at radius 3 is 2.57 bits per heavy atom. The summed E-state index contributed by atoms with van der Waals surface area (Å²) >= 11 is 0. The average molecular weight is 499 g/mol. The number of rotatable bonds is 7. The molecule has 5 rings (SSSR count). The number of nitrogens with one attached hydrogen (secondary N) is 2. The predicted molar refractivity (Wildman–Crippen MR) is 138 cm³/mol. The standard InChI is InChI=1S/C27H30N8O2/c1-18-15-30-26(33-23(18)19-3-5-20(6-4-19)24(36)29-12-11-28)32-21-16-31-35(17-21)22-7-13-34(14-8-22)25(37)27(2)9-10-27/h3-6,15-17,22H,7-10,12-14H2,1-2H3,(H,29,36)(H,30,32,33). The molecular formula is C27H30N8O2. The number of anilines is 2. The highest BCUT2D eigenvalue weighted by molar-refractivity contribution is 5.94. The second kappa shape index (κ2) is 10.0. The lowest BCUT2D eigenvalue weighted by atomic mass is 10.0. The molecule has 0 atom stereocenters. The van der Waals surface area contributed by atoms with Gasteiger partial charge in [0.15, 0.2) is 0 Å². The first kappa shape index (κ1) is 24.4. The van der Waals surface area contributed by atoms with Gasteiger partial charge in [-0.05, 0) is 50.3 Å². The number of aryl methyl sites for hydroxylation is 1. The van der Waals surface area contributed by atoms with Crippen molar-refractivity contribution in [1.82, 2.24) is 30.0 Å². The lowest BCUT2D eigenvalue weighted by molar-refractivity contribution is -0.137. The molecule has 0 spiro atoms. The SMILES string of the molecule is Cc1cnc(Nc2cnn(C3CCN(C(=O)C4(C)CC4)CC3)c2)nc1-c1ccc(C(=O)NCC#N)cc1. The van der Waals surface area contributed by atoms with Gasteiger partial charge in [0.05, 0.1) is 29.7 Å². The fourth-order valence-corrected chi connectivity index (χ4v) is 4.64. The minimum atomic E-state index is -0.290. The van der Waals surface area contributed by atoms with Gasteiger partial charge >= 0.3 is 0 Å². The number of aromatic nitrogens is 4. The van der Waals surface area contributed by atoms with Gasteiger partial charge in [0, 0.05) is 42.0 Å². The van der Waals surface area contributed by atoms with Gasteiger partial charge in [-0.1, -0.05) is 19.1 Å². The van der Waals surface area contributed by atoms with Gasteiger partial charge in [-0.2, -0.15) is 10.4 Å². The molecule has 1 aliphatic carbocycles. The van der Waals surface area contributed by atoms with Crippen LogP contribution < -0.4 is 10.6 Å².